The zero-order valence-electron chi connectivity index (χ0n) is 56.0. The molecular weight excluding hydrogens is 1100 g/mol. The van der Waals surface area contributed by atoms with Gasteiger partial charge in [0, 0.05) is 61.1 Å². The molecule has 0 aliphatic rings. The van der Waals surface area contributed by atoms with E-state index in [1.165, 1.54) is 0 Å². The van der Waals surface area contributed by atoms with Crippen LogP contribution in [0.1, 0.15) is 172 Å². The van der Waals surface area contributed by atoms with Gasteiger partial charge in [0.15, 0.2) is 0 Å². The SMILES string of the molecule is CC.CC.Cc1cc2nc3cc(C)c(N(CCCCCCCCN(C(=O)OC(C)(C)C)c4ccc5nc6cc(C)c(NC(=O)OC(C)(C)C)cc6[n+](-c6ccccc6)c5c4C)C(=O)OC(C)(C)C)cc3[n+](-c3ccccc3)c2cc1NC(=O)OC(C)(C)C. The van der Waals surface area contributed by atoms with E-state index in [4.69, 9.17) is 28.9 Å². The van der Waals surface area contributed by atoms with Gasteiger partial charge >= 0.3 is 24.4 Å². The summed E-state index contributed by atoms with van der Waals surface area (Å²) in [6.45, 7) is 38.9. The number of unbranched alkanes of at least 4 members (excludes halogenated alkanes) is 5. The summed E-state index contributed by atoms with van der Waals surface area (Å²) in [5.41, 5.74) is 11.0. The molecule has 0 fully saturated rings. The van der Waals surface area contributed by atoms with Crippen LogP contribution in [0.25, 0.3) is 55.5 Å². The van der Waals surface area contributed by atoms with E-state index >= 15 is 0 Å². The number of para-hydroxylation sites is 2. The minimum Gasteiger partial charge on any atom is -0.444 e. The normalized spacial score (nSPS) is 11.7. The van der Waals surface area contributed by atoms with Crippen molar-refractivity contribution in [1.29, 1.82) is 0 Å². The van der Waals surface area contributed by atoms with Gasteiger partial charge in [-0.2, -0.15) is 0 Å². The maximum atomic E-state index is 14.3. The molecule has 16 heteroatoms. The third-order valence-corrected chi connectivity index (χ3v) is 13.9. The lowest BCUT2D eigenvalue weighted by Gasteiger charge is -2.29. The first-order chi connectivity index (χ1) is 41.4. The molecule has 0 aliphatic heterocycles. The second kappa shape index (κ2) is 29.1. The van der Waals surface area contributed by atoms with Crippen LogP contribution in [0.4, 0.5) is 41.9 Å². The number of anilines is 4. The minimum atomic E-state index is -0.741. The zero-order valence-corrected chi connectivity index (χ0v) is 56.0. The number of ether oxygens (including phenoxy) is 4. The lowest BCUT2D eigenvalue weighted by molar-refractivity contribution is -0.538. The van der Waals surface area contributed by atoms with Crippen LogP contribution in [0.2, 0.25) is 0 Å². The highest BCUT2D eigenvalue weighted by Gasteiger charge is 2.32. The van der Waals surface area contributed by atoms with Gasteiger partial charge in [0.1, 0.15) is 44.5 Å². The number of hydrogen-bond acceptors (Lipinski definition) is 10. The topological polar surface area (TPSA) is 169 Å². The number of nitrogens with one attached hydrogen (secondary N) is 2. The standard InChI is InChI=1S/C68H82N8O8.2C2H6/c1-43-37-52-57(40-50(43)71-61(77)81-65(5,6)7)75(47-29-23-21-24-30-47)59-42-56(45(3)39-54(59)70-52)74(64(80)84-68(14,15)16)36-28-20-18-17-19-27-35-73(63(79)83-67(11,12)13)55-34-33-49-60(46(55)4)76(48-31-25-22-26-32-48)58-41-51(44(2)38-53(58)69-49)72-62(78)82-66(8,9)10;2*1-2/h21-26,29-34,37-42H,17-20,27-28,35-36H2,1-16H3;2*1-2H3/p+2. The van der Waals surface area contributed by atoms with Gasteiger partial charge in [0.2, 0.25) is 33.4 Å². The number of aromatic nitrogens is 4. The van der Waals surface area contributed by atoms with Gasteiger partial charge in [0.05, 0.1) is 22.7 Å². The van der Waals surface area contributed by atoms with Gasteiger partial charge in [-0.05, 0) is 171 Å². The molecule has 16 nitrogen and oxygen atoms in total. The summed E-state index contributed by atoms with van der Waals surface area (Å²) in [4.78, 5) is 68.6. The summed E-state index contributed by atoms with van der Waals surface area (Å²) >= 11 is 0. The Kier molecular flexibility index (Phi) is 22.7. The van der Waals surface area contributed by atoms with Crippen molar-refractivity contribution >= 4 is 91.3 Å². The van der Waals surface area contributed by atoms with Gasteiger partial charge < -0.3 is 18.9 Å². The number of carbonyl (C=O) groups excluding carboxylic acids is 4. The fraction of sp³-hybridized carbons (Fsp3) is 0.444. The smallest absolute Gasteiger partial charge is 0.414 e. The number of aryl methyl sites for hydroxylation is 4. The highest BCUT2D eigenvalue weighted by atomic mass is 16.6. The van der Waals surface area contributed by atoms with Gasteiger partial charge in [-0.3, -0.25) is 20.4 Å². The maximum absolute atomic E-state index is 14.3. The Balaban J connectivity index is 0.00000303. The Morgan fingerprint density at radius 1 is 0.420 bits per heavy atom. The molecule has 0 spiro atoms. The van der Waals surface area contributed by atoms with Crippen molar-refractivity contribution in [3.63, 3.8) is 0 Å². The predicted molar refractivity (Wildman–Crippen MR) is 358 cm³/mol. The van der Waals surface area contributed by atoms with Crippen molar-refractivity contribution in [3.8, 4) is 11.4 Å². The molecule has 0 saturated carbocycles. The van der Waals surface area contributed by atoms with Crippen molar-refractivity contribution < 1.29 is 47.3 Å². The average Bonchev–Trinajstić information content (AvgIpc) is 1.30. The van der Waals surface area contributed by atoms with Crippen LogP contribution >= 0.6 is 0 Å². The molecule has 4 amide bonds. The van der Waals surface area contributed by atoms with Crippen LogP contribution in [0.5, 0.6) is 0 Å². The fourth-order valence-corrected chi connectivity index (χ4v) is 10.3. The zero-order chi connectivity index (χ0) is 65.1. The molecule has 2 aromatic heterocycles. The summed E-state index contributed by atoms with van der Waals surface area (Å²) < 4.78 is 27.7. The first kappa shape index (κ1) is 68.7. The first-order valence-electron chi connectivity index (χ1n) is 31.2. The van der Waals surface area contributed by atoms with Crippen LogP contribution in [0, 0.1) is 27.7 Å². The van der Waals surface area contributed by atoms with E-state index in [1.54, 1.807) is 9.80 Å². The monoisotopic (exact) mass is 1200 g/mol. The van der Waals surface area contributed by atoms with Crippen LogP contribution in [0.3, 0.4) is 0 Å². The van der Waals surface area contributed by atoms with Crippen molar-refractivity contribution in [1.82, 2.24) is 9.97 Å². The molecule has 0 aliphatic carbocycles. The predicted octanol–water partition coefficient (Wildman–Crippen LogP) is 18.1. The van der Waals surface area contributed by atoms with Crippen LogP contribution < -0.4 is 29.6 Å². The highest BCUT2D eigenvalue weighted by Crippen LogP contribution is 2.34. The number of nitrogens with zero attached hydrogens (tertiary/aromatic N) is 6. The molecule has 0 bridgehead atoms. The lowest BCUT2D eigenvalue weighted by atomic mass is 10.1. The first-order valence-corrected chi connectivity index (χ1v) is 31.2. The molecule has 88 heavy (non-hydrogen) atoms. The highest BCUT2D eigenvalue weighted by molar-refractivity contribution is 5.97. The van der Waals surface area contributed by atoms with E-state index in [1.807, 2.05) is 248 Å². The molecule has 0 unspecified atom stereocenters. The van der Waals surface area contributed by atoms with E-state index in [-0.39, 0.29) is 0 Å². The lowest BCUT2D eigenvalue weighted by Crippen LogP contribution is -2.39. The Bertz CT molecular complexity index is 3710. The minimum absolute atomic E-state index is 0.415. The number of amides is 4. The molecule has 2 N–H and O–H groups in total. The van der Waals surface area contributed by atoms with E-state index in [0.717, 1.165) is 103 Å². The number of fused-ring (bicyclic) bond motifs is 4. The molecule has 8 rings (SSSR count). The molecule has 0 saturated heterocycles. The maximum Gasteiger partial charge on any atom is 0.414 e. The van der Waals surface area contributed by atoms with Crippen molar-refractivity contribution in [3.05, 3.63) is 131 Å². The third kappa shape index (κ3) is 17.9. The van der Waals surface area contributed by atoms with E-state index < -0.39 is 46.8 Å². The number of rotatable bonds is 15. The van der Waals surface area contributed by atoms with Gasteiger partial charge in [-0.25, -0.2) is 29.1 Å². The van der Waals surface area contributed by atoms with Gasteiger partial charge in [-0.15, -0.1) is 9.13 Å². The number of hydrogen-bond donors (Lipinski definition) is 2. The third-order valence-electron chi connectivity index (χ3n) is 13.9. The van der Waals surface area contributed by atoms with E-state index in [2.05, 4.69) is 19.8 Å². The van der Waals surface area contributed by atoms with Crippen LogP contribution in [-0.2, 0) is 18.9 Å². The summed E-state index contributed by atoms with van der Waals surface area (Å²) in [7, 11) is 0. The van der Waals surface area contributed by atoms with Crippen molar-refractivity contribution in [2.45, 2.75) is 199 Å². The van der Waals surface area contributed by atoms with E-state index in [0.29, 0.717) is 48.7 Å². The number of carbonyl (C=O) groups is 4. The summed E-state index contributed by atoms with van der Waals surface area (Å²) in [6.07, 6.45) is 2.96. The second-order valence-electron chi connectivity index (χ2n) is 25.7. The molecule has 8 aromatic rings. The molecule has 0 atom stereocenters. The van der Waals surface area contributed by atoms with Crippen molar-refractivity contribution in [2.75, 3.05) is 33.5 Å². The fourth-order valence-electron chi connectivity index (χ4n) is 10.3. The molecule has 6 aromatic carbocycles. The summed E-state index contributed by atoms with van der Waals surface area (Å²) in [5, 5.41) is 5.91. The quantitative estimate of drug-likeness (QED) is 0.0436. The van der Waals surface area contributed by atoms with Crippen molar-refractivity contribution in [2.24, 2.45) is 0 Å². The van der Waals surface area contributed by atoms with Crippen LogP contribution in [-0.4, -0.2) is 69.8 Å². The Morgan fingerprint density at radius 3 is 1.22 bits per heavy atom. The Morgan fingerprint density at radius 2 is 0.784 bits per heavy atom. The van der Waals surface area contributed by atoms with Crippen LogP contribution in [0.15, 0.2) is 109 Å². The second-order valence-corrected chi connectivity index (χ2v) is 25.7. The molecular formula is C72H96N8O8+2. The molecule has 0 radical (unpaired) electrons. The van der Waals surface area contributed by atoms with E-state index in [9.17, 15) is 19.2 Å². The van der Waals surface area contributed by atoms with Gasteiger partial charge in [0.25, 0.3) is 0 Å². The van der Waals surface area contributed by atoms with Gasteiger partial charge in [-0.1, -0.05) is 89.8 Å². The summed E-state index contributed by atoms with van der Waals surface area (Å²) in [5.74, 6) is 0. The number of benzene rings is 6. The Hall–Kier alpha value is -8.40. The molecule has 2 heterocycles. The summed E-state index contributed by atoms with van der Waals surface area (Å²) in [6, 6.07) is 35.7. The average molecular weight is 1200 g/mol. The molecule has 470 valence electrons. The largest absolute Gasteiger partial charge is 0.444 e. The Labute approximate surface area is 521 Å².